The van der Waals surface area contributed by atoms with Crippen LogP contribution in [0.25, 0.3) is 0 Å². The SMILES string of the molecule is COc1cc(Cl)c(C)cc1NC(=O)COC(=O)c1ccc([N+](=O)[O-])s1. The Morgan fingerprint density at radius 3 is 2.68 bits per heavy atom. The molecule has 1 amide bonds. The van der Waals surface area contributed by atoms with Gasteiger partial charge in [-0.2, -0.15) is 0 Å². The van der Waals surface area contributed by atoms with Crippen LogP contribution in [0.5, 0.6) is 5.75 Å². The third-order valence-corrected chi connectivity index (χ3v) is 4.49. The number of rotatable bonds is 6. The first kappa shape index (κ1) is 18.7. The first-order valence-corrected chi connectivity index (χ1v) is 8.06. The largest absolute Gasteiger partial charge is 0.495 e. The minimum absolute atomic E-state index is 0.0411. The first-order valence-electron chi connectivity index (χ1n) is 6.87. The molecule has 132 valence electrons. The number of aryl methyl sites for hydroxylation is 1. The van der Waals surface area contributed by atoms with Crippen molar-refractivity contribution in [3.63, 3.8) is 0 Å². The fraction of sp³-hybridized carbons (Fsp3) is 0.200. The molecule has 0 unspecified atom stereocenters. The van der Waals surface area contributed by atoms with Crippen molar-refractivity contribution in [1.82, 2.24) is 0 Å². The van der Waals surface area contributed by atoms with Gasteiger partial charge in [0, 0.05) is 17.2 Å². The van der Waals surface area contributed by atoms with Crippen molar-refractivity contribution in [2.75, 3.05) is 19.0 Å². The van der Waals surface area contributed by atoms with Gasteiger partial charge in [0.05, 0.1) is 17.7 Å². The van der Waals surface area contributed by atoms with E-state index in [2.05, 4.69) is 5.32 Å². The molecule has 0 radical (unpaired) electrons. The average molecular weight is 385 g/mol. The number of amides is 1. The van der Waals surface area contributed by atoms with Crippen LogP contribution in [0.2, 0.25) is 5.02 Å². The quantitative estimate of drug-likeness (QED) is 0.464. The molecule has 0 aliphatic rings. The van der Waals surface area contributed by atoms with Gasteiger partial charge in [0.2, 0.25) is 0 Å². The van der Waals surface area contributed by atoms with E-state index < -0.39 is 23.4 Å². The van der Waals surface area contributed by atoms with Crippen LogP contribution in [-0.4, -0.2) is 30.5 Å². The standard InChI is InChI=1S/C15H13ClN2O6S/c1-8-5-10(11(23-2)6-9(8)16)17-13(19)7-24-15(20)12-3-4-14(25-12)18(21)22/h3-6H,7H2,1-2H3,(H,17,19). The van der Waals surface area contributed by atoms with E-state index in [1.807, 2.05) is 0 Å². The molecule has 0 fully saturated rings. The second kappa shape index (κ2) is 7.95. The minimum Gasteiger partial charge on any atom is -0.495 e. The molecule has 25 heavy (non-hydrogen) atoms. The molecule has 1 aromatic carbocycles. The number of carbonyl (C=O) groups excluding carboxylic acids is 2. The van der Waals surface area contributed by atoms with Crippen LogP contribution in [-0.2, 0) is 9.53 Å². The van der Waals surface area contributed by atoms with Gasteiger partial charge in [0.25, 0.3) is 5.91 Å². The molecule has 0 saturated carbocycles. The number of esters is 1. The fourth-order valence-electron chi connectivity index (χ4n) is 1.85. The summed E-state index contributed by atoms with van der Waals surface area (Å²) in [4.78, 5) is 33.8. The average Bonchev–Trinajstić information content (AvgIpc) is 3.06. The smallest absolute Gasteiger partial charge is 0.349 e. The molecule has 0 bridgehead atoms. The summed E-state index contributed by atoms with van der Waals surface area (Å²) in [5.74, 6) is -1.03. The molecule has 0 spiro atoms. The van der Waals surface area contributed by atoms with E-state index in [-0.39, 0.29) is 9.88 Å². The number of thiophene rings is 1. The van der Waals surface area contributed by atoms with Crippen molar-refractivity contribution in [3.8, 4) is 5.75 Å². The fourth-order valence-corrected chi connectivity index (χ4v) is 2.72. The molecule has 10 heteroatoms. The Bertz CT molecular complexity index is 835. The maximum atomic E-state index is 11.9. The number of benzene rings is 1. The van der Waals surface area contributed by atoms with Crippen LogP contribution in [0, 0.1) is 17.0 Å². The predicted molar refractivity (Wildman–Crippen MR) is 92.6 cm³/mol. The Balaban J connectivity index is 1.97. The maximum Gasteiger partial charge on any atom is 0.349 e. The molecule has 1 aromatic heterocycles. The Morgan fingerprint density at radius 2 is 2.08 bits per heavy atom. The summed E-state index contributed by atoms with van der Waals surface area (Å²) in [6.07, 6.45) is 0. The third kappa shape index (κ3) is 4.68. The number of carbonyl (C=O) groups is 2. The number of anilines is 1. The molecule has 1 N–H and O–H groups in total. The number of nitrogens with zero attached hydrogens (tertiary/aromatic N) is 1. The van der Waals surface area contributed by atoms with Crippen molar-refractivity contribution in [2.45, 2.75) is 6.92 Å². The van der Waals surface area contributed by atoms with Crippen LogP contribution in [0.3, 0.4) is 0 Å². The minimum atomic E-state index is -0.812. The topological polar surface area (TPSA) is 108 Å². The van der Waals surface area contributed by atoms with Gasteiger partial charge in [-0.1, -0.05) is 22.9 Å². The highest BCUT2D eigenvalue weighted by Gasteiger charge is 2.18. The highest BCUT2D eigenvalue weighted by Crippen LogP contribution is 2.31. The van der Waals surface area contributed by atoms with Crippen LogP contribution < -0.4 is 10.1 Å². The number of hydrogen-bond donors (Lipinski definition) is 1. The summed E-state index contributed by atoms with van der Waals surface area (Å²) < 4.78 is 9.99. The Kier molecular flexibility index (Phi) is 5.94. The summed E-state index contributed by atoms with van der Waals surface area (Å²) >= 11 is 6.66. The highest BCUT2D eigenvalue weighted by molar-refractivity contribution is 7.17. The van der Waals surface area contributed by atoms with Gasteiger partial charge in [0.1, 0.15) is 10.6 Å². The van der Waals surface area contributed by atoms with Gasteiger partial charge < -0.3 is 14.8 Å². The van der Waals surface area contributed by atoms with E-state index in [0.717, 1.165) is 5.56 Å². The van der Waals surface area contributed by atoms with Gasteiger partial charge in [-0.05, 0) is 24.6 Å². The van der Waals surface area contributed by atoms with E-state index in [4.69, 9.17) is 21.1 Å². The monoisotopic (exact) mass is 384 g/mol. The number of nitro groups is 1. The predicted octanol–water partition coefficient (Wildman–Crippen LogP) is 3.42. The van der Waals surface area contributed by atoms with Crippen molar-refractivity contribution >= 4 is 45.5 Å². The van der Waals surface area contributed by atoms with Crippen LogP contribution in [0.4, 0.5) is 10.7 Å². The lowest BCUT2D eigenvalue weighted by molar-refractivity contribution is -0.380. The number of nitrogens with one attached hydrogen (secondary N) is 1. The Hall–Kier alpha value is -2.65. The van der Waals surface area contributed by atoms with Crippen molar-refractivity contribution < 1.29 is 24.0 Å². The number of halogens is 1. The Morgan fingerprint density at radius 1 is 1.36 bits per heavy atom. The molecular weight excluding hydrogens is 372 g/mol. The molecule has 2 aromatic rings. The summed E-state index contributed by atoms with van der Waals surface area (Å²) in [5.41, 5.74) is 1.12. The number of ether oxygens (including phenoxy) is 2. The van der Waals surface area contributed by atoms with Crippen molar-refractivity contribution in [3.05, 3.63) is 49.8 Å². The summed E-state index contributed by atoms with van der Waals surface area (Å²) in [5, 5.41) is 13.5. The molecule has 8 nitrogen and oxygen atoms in total. The number of hydrogen-bond acceptors (Lipinski definition) is 7. The van der Waals surface area contributed by atoms with E-state index >= 15 is 0 Å². The second-order valence-corrected chi connectivity index (χ2v) is 6.29. The van der Waals surface area contributed by atoms with Gasteiger partial charge in [0.15, 0.2) is 6.61 Å². The molecule has 0 aliphatic carbocycles. The van der Waals surface area contributed by atoms with Gasteiger partial charge >= 0.3 is 11.0 Å². The third-order valence-electron chi connectivity index (χ3n) is 3.06. The van der Waals surface area contributed by atoms with Crippen molar-refractivity contribution in [2.24, 2.45) is 0 Å². The van der Waals surface area contributed by atoms with E-state index in [9.17, 15) is 19.7 Å². The Labute approximate surface area is 151 Å². The van der Waals surface area contributed by atoms with E-state index in [1.165, 1.54) is 19.2 Å². The molecule has 1 heterocycles. The highest BCUT2D eigenvalue weighted by atomic mass is 35.5. The summed E-state index contributed by atoms with van der Waals surface area (Å²) in [7, 11) is 1.43. The lowest BCUT2D eigenvalue weighted by Gasteiger charge is -2.12. The lowest BCUT2D eigenvalue weighted by atomic mass is 10.2. The molecular formula is C15H13ClN2O6S. The van der Waals surface area contributed by atoms with E-state index in [1.54, 1.807) is 19.1 Å². The maximum absolute atomic E-state index is 11.9. The number of methoxy groups -OCH3 is 1. The van der Waals surface area contributed by atoms with E-state index in [0.29, 0.717) is 27.8 Å². The molecule has 2 rings (SSSR count). The lowest BCUT2D eigenvalue weighted by Crippen LogP contribution is -2.21. The molecule has 0 aliphatic heterocycles. The molecule has 0 atom stereocenters. The van der Waals surface area contributed by atoms with Crippen LogP contribution >= 0.6 is 22.9 Å². The summed E-state index contributed by atoms with van der Waals surface area (Å²) in [6, 6.07) is 5.66. The normalized spacial score (nSPS) is 10.2. The van der Waals surface area contributed by atoms with Crippen molar-refractivity contribution in [1.29, 1.82) is 0 Å². The van der Waals surface area contributed by atoms with Gasteiger partial charge in [-0.3, -0.25) is 14.9 Å². The van der Waals surface area contributed by atoms with Gasteiger partial charge in [-0.15, -0.1) is 0 Å². The van der Waals surface area contributed by atoms with Crippen LogP contribution in [0.15, 0.2) is 24.3 Å². The van der Waals surface area contributed by atoms with Gasteiger partial charge in [-0.25, -0.2) is 4.79 Å². The zero-order chi connectivity index (χ0) is 18.6. The zero-order valence-corrected chi connectivity index (χ0v) is 14.8. The second-order valence-electron chi connectivity index (χ2n) is 4.82. The zero-order valence-electron chi connectivity index (χ0n) is 13.2. The molecule has 0 saturated heterocycles. The van der Waals surface area contributed by atoms with Crippen LogP contribution in [0.1, 0.15) is 15.2 Å². The first-order chi connectivity index (χ1) is 11.8. The summed E-state index contributed by atoms with van der Waals surface area (Å²) in [6.45, 7) is 1.22.